The summed E-state index contributed by atoms with van der Waals surface area (Å²) in [4.78, 5) is 26.3. The predicted octanol–water partition coefficient (Wildman–Crippen LogP) is 2.02. The lowest BCUT2D eigenvalue weighted by atomic mass is 9.86. The van der Waals surface area contributed by atoms with E-state index in [-0.39, 0.29) is 24.1 Å². The van der Waals surface area contributed by atoms with Gasteiger partial charge in [-0.25, -0.2) is 4.79 Å². The third-order valence-corrected chi connectivity index (χ3v) is 4.79. The molecule has 1 saturated carbocycles. The van der Waals surface area contributed by atoms with Crippen LogP contribution in [0.15, 0.2) is 30.4 Å². The van der Waals surface area contributed by atoms with Crippen LogP contribution in [0.25, 0.3) is 0 Å². The lowest BCUT2D eigenvalue weighted by molar-refractivity contribution is 0.0600. The number of hydrogen-bond acceptors (Lipinski definition) is 5. The molecule has 0 aromatic heterocycles. The van der Waals surface area contributed by atoms with Crippen LogP contribution >= 0.6 is 0 Å². The highest BCUT2D eigenvalue weighted by Gasteiger charge is 2.26. The minimum atomic E-state index is -0.513. The smallest absolute Gasteiger partial charge is 0.338 e. The minimum Gasteiger partial charge on any atom is -0.493 e. The summed E-state index contributed by atoms with van der Waals surface area (Å²) in [6, 6.07) is 4.43. The summed E-state index contributed by atoms with van der Waals surface area (Å²) < 4.78 is 10.6. The zero-order valence-electron chi connectivity index (χ0n) is 14.3. The van der Waals surface area contributed by atoms with Crippen LogP contribution in [-0.4, -0.2) is 54.8 Å². The maximum absolute atomic E-state index is 12.8. The van der Waals surface area contributed by atoms with Gasteiger partial charge >= 0.3 is 5.97 Å². The molecule has 1 atom stereocenters. The maximum Gasteiger partial charge on any atom is 0.338 e. The number of nitrogens with zero attached hydrogens (tertiary/aromatic N) is 1. The number of ether oxygens (including phenoxy) is 2. The van der Waals surface area contributed by atoms with Crippen LogP contribution < -0.4 is 4.74 Å². The monoisotopic (exact) mass is 345 g/mol. The second-order valence-corrected chi connectivity index (χ2v) is 6.48. The Kier molecular flexibility index (Phi) is 5.38. The number of amides is 1. The van der Waals surface area contributed by atoms with Gasteiger partial charge in [-0.1, -0.05) is 18.6 Å². The molecule has 1 aromatic rings. The zero-order chi connectivity index (χ0) is 17.8. The van der Waals surface area contributed by atoms with Crippen molar-refractivity contribution in [3.8, 4) is 5.75 Å². The van der Waals surface area contributed by atoms with Gasteiger partial charge in [-0.2, -0.15) is 0 Å². The molecule has 1 aliphatic carbocycles. The van der Waals surface area contributed by atoms with E-state index >= 15 is 0 Å². The third kappa shape index (κ3) is 3.85. The van der Waals surface area contributed by atoms with E-state index in [1.165, 1.54) is 19.6 Å². The molecule has 1 aromatic carbocycles. The van der Waals surface area contributed by atoms with E-state index in [1.807, 2.05) is 6.08 Å². The first-order chi connectivity index (χ1) is 12.1. The molecule has 1 aliphatic heterocycles. The fourth-order valence-corrected chi connectivity index (χ4v) is 3.04. The van der Waals surface area contributed by atoms with Gasteiger partial charge in [0, 0.05) is 12.1 Å². The predicted molar refractivity (Wildman–Crippen MR) is 91.7 cm³/mol. The fraction of sp³-hybridized carbons (Fsp3) is 0.474. The molecule has 134 valence electrons. The van der Waals surface area contributed by atoms with Crippen LogP contribution in [0.5, 0.6) is 5.75 Å². The van der Waals surface area contributed by atoms with Crippen molar-refractivity contribution in [2.45, 2.75) is 25.3 Å². The molecule has 25 heavy (non-hydrogen) atoms. The minimum absolute atomic E-state index is 0.135. The number of rotatable bonds is 6. The van der Waals surface area contributed by atoms with Crippen molar-refractivity contribution in [2.24, 2.45) is 5.92 Å². The zero-order valence-corrected chi connectivity index (χ0v) is 14.3. The van der Waals surface area contributed by atoms with Gasteiger partial charge in [0.2, 0.25) is 0 Å². The highest BCUT2D eigenvalue weighted by Crippen LogP contribution is 2.28. The van der Waals surface area contributed by atoms with Crippen LogP contribution in [0.3, 0.4) is 0 Å². The number of methoxy groups -OCH3 is 1. The number of esters is 1. The Morgan fingerprint density at radius 1 is 1.24 bits per heavy atom. The first kappa shape index (κ1) is 17.5. The topological polar surface area (TPSA) is 76.1 Å². The highest BCUT2D eigenvalue weighted by atomic mass is 16.5. The quantitative estimate of drug-likeness (QED) is 0.631. The van der Waals surface area contributed by atoms with Crippen LogP contribution in [0.1, 0.15) is 40.0 Å². The Morgan fingerprint density at radius 3 is 2.64 bits per heavy atom. The number of hydrogen-bond donors (Lipinski definition) is 1. The molecule has 0 saturated heterocycles. The van der Waals surface area contributed by atoms with E-state index in [0.29, 0.717) is 30.4 Å². The molecule has 1 amide bonds. The Hall–Kier alpha value is -2.34. The molecule has 1 fully saturated rings. The number of carbonyl (C=O) groups excluding carboxylic acids is 2. The Balaban J connectivity index is 1.83. The van der Waals surface area contributed by atoms with E-state index in [2.05, 4.69) is 0 Å². The van der Waals surface area contributed by atoms with E-state index in [0.717, 1.165) is 12.8 Å². The van der Waals surface area contributed by atoms with Crippen LogP contribution in [-0.2, 0) is 4.74 Å². The molecule has 0 spiro atoms. The first-order valence-corrected chi connectivity index (χ1v) is 8.57. The number of aliphatic hydroxyl groups is 1. The molecule has 2 aliphatic rings. The summed E-state index contributed by atoms with van der Waals surface area (Å²) in [5.41, 5.74) is 0.637. The number of benzene rings is 1. The Morgan fingerprint density at radius 2 is 2.00 bits per heavy atom. The fourth-order valence-electron chi connectivity index (χ4n) is 3.04. The molecule has 6 heteroatoms. The Bertz CT molecular complexity index is 680. The standard InChI is InChI=1S/C19H23NO5/c1-24-19(23)15-8-14(18(22)20-7-3-6-16(20)11-21)9-17(10-15)25-12-13-4-2-5-13/h3,6,8-10,13,16,21H,2,4-5,7,11-12H2,1H3/t16-/m0/s1. The summed E-state index contributed by atoms with van der Waals surface area (Å²) in [5, 5.41) is 9.40. The van der Waals surface area contributed by atoms with Crippen molar-refractivity contribution in [2.75, 3.05) is 26.9 Å². The molecule has 1 N–H and O–H groups in total. The second-order valence-electron chi connectivity index (χ2n) is 6.48. The summed E-state index contributed by atoms with van der Waals surface area (Å²) in [7, 11) is 1.30. The number of carbonyl (C=O) groups is 2. The van der Waals surface area contributed by atoms with Crippen LogP contribution in [0.4, 0.5) is 0 Å². The first-order valence-electron chi connectivity index (χ1n) is 8.57. The summed E-state index contributed by atoms with van der Waals surface area (Å²) >= 11 is 0. The van der Waals surface area contributed by atoms with Crippen LogP contribution in [0.2, 0.25) is 0 Å². The molecule has 0 bridgehead atoms. The average Bonchev–Trinajstić information content (AvgIpc) is 3.07. The largest absolute Gasteiger partial charge is 0.493 e. The molecule has 0 unspecified atom stereocenters. The number of aliphatic hydroxyl groups excluding tert-OH is 1. The third-order valence-electron chi connectivity index (χ3n) is 4.79. The second kappa shape index (κ2) is 7.70. The highest BCUT2D eigenvalue weighted by molar-refractivity contribution is 5.99. The summed E-state index contributed by atoms with van der Waals surface area (Å²) in [6.07, 6.45) is 7.18. The van der Waals surface area contributed by atoms with Gasteiger partial charge in [-0.05, 0) is 37.0 Å². The molecule has 0 radical (unpaired) electrons. The van der Waals surface area contributed by atoms with Gasteiger partial charge in [-0.3, -0.25) is 4.79 Å². The van der Waals surface area contributed by atoms with Crippen molar-refractivity contribution < 1.29 is 24.2 Å². The van der Waals surface area contributed by atoms with E-state index in [1.54, 1.807) is 23.1 Å². The van der Waals surface area contributed by atoms with E-state index in [4.69, 9.17) is 9.47 Å². The SMILES string of the molecule is COC(=O)c1cc(OCC2CCC2)cc(C(=O)N2CC=C[C@H]2CO)c1. The molecular formula is C19H23NO5. The van der Waals surface area contributed by atoms with Crippen molar-refractivity contribution in [3.05, 3.63) is 41.5 Å². The van der Waals surface area contributed by atoms with Gasteiger partial charge < -0.3 is 19.5 Å². The summed E-state index contributed by atoms with van der Waals surface area (Å²) in [5.74, 6) is 0.276. The van der Waals surface area contributed by atoms with E-state index in [9.17, 15) is 14.7 Å². The van der Waals surface area contributed by atoms with Gasteiger partial charge in [0.05, 0.1) is 31.9 Å². The van der Waals surface area contributed by atoms with Gasteiger partial charge in [0.1, 0.15) is 5.75 Å². The Labute approximate surface area is 147 Å². The van der Waals surface area contributed by atoms with Crippen LogP contribution in [0, 0.1) is 5.92 Å². The van der Waals surface area contributed by atoms with Crippen molar-refractivity contribution in [1.29, 1.82) is 0 Å². The molecule has 3 rings (SSSR count). The van der Waals surface area contributed by atoms with Crippen molar-refractivity contribution >= 4 is 11.9 Å². The van der Waals surface area contributed by atoms with Crippen molar-refractivity contribution in [1.82, 2.24) is 4.90 Å². The average molecular weight is 345 g/mol. The lowest BCUT2D eigenvalue weighted by Crippen LogP contribution is -2.38. The molecule has 6 nitrogen and oxygen atoms in total. The van der Waals surface area contributed by atoms with Gasteiger partial charge in [0.15, 0.2) is 0 Å². The summed E-state index contributed by atoms with van der Waals surface area (Å²) in [6.45, 7) is 0.886. The van der Waals surface area contributed by atoms with Gasteiger partial charge in [-0.15, -0.1) is 0 Å². The molecule has 1 heterocycles. The van der Waals surface area contributed by atoms with Crippen molar-refractivity contribution in [3.63, 3.8) is 0 Å². The maximum atomic E-state index is 12.8. The molecular weight excluding hydrogens is 322 g/mol. The van der Waals surface area contributed by atoms with Gasteiger partial charge in [0.25, 0.3) is 5.91 Å². The normalized spacial score (nSPS) is 19.6. The lowest BCUT2D eigenvalue weighted by Gasteiger charge is -2.26. The van der Waals surface area contributed by atoms with E-state index < -0.39 is 5.97 Å².